The maximum absolute atomic E-state index is 11.7. The Kier molecular flexibility index (Phi) is 4.24. The Morgan fingerprint density at radius 3 is 3.06 bits per heavy atom. The van der Waals surface area contributed by atoms with E-state index in [0.29, 0.717) is 25.4 Å². The van der Waals surface area contributed by atoms with Crippen molar-refractivity contribution in [2.75, 3.05) is 18.8 Å². The molecule has 18 heavy (non-hydrogen) atoms. The molecule has 0 saturated carbocycles. The minimum absolute atomic E-state index is 0.127. The summed E-state index contributed by atoms with van der Waals surface area (Å²) in [5, 5.41) is 0. The molecule has 100 valence electrons. The molecule has 0 aromatic carbocycles. The van der Waals surface area contributed by atoms with Crippen LogP contribution in [0.1, 0.15) is 13.3 Å². The van der Waals surface area contributed by atoms with E-state index in [9.17, 15) is 8.42 Å². The number of pyridine rings is 1. The molecule has 0 N–H and O–H groups in total. The molecule has 5 nitrogen and oxygen atoms in total. The first-order valence-electron chi connectivity index (χ1n) is 5.78. The largest absolute Gasteiger partial charge is 0.472 e. The standard InChI is InChI=1S/C11H15BrN2O3S/c1-2-18(15,16)14-7-5-9(8-14)17-11-10(12)4-3-6-13-11/h3-4,6,9H,2,5,7-8H2,1H3. The van der Waals surface area contributed by atoms with E-state index in [1.165, 1.54) is 4.31 Å². The summed E-state index contributed by atoms with van der Waals surface area (Å²) < 4.78 is 31.4. The lowest BCUT2D eigenvalue weighted by molar-refractivity contribution is 0.205. The number of hydrogen-bond donors (Lipinski definition) is 0. The second-order valence-corrected chi connectivity index (χ2v) is 7.19. The molecule has 1 aliphatic rings. The molecule has 2 heterocycles. The molecule has 0 bridgehead atoms. The highest BCUT2D eigenvalue weighted by Crippen LogP contribution is 2.25. The lowest BCUT2D eigenvalue weighted by Gasteiger charge is -2.16. The van der Waals surface area contributed by atoms with E-state index in [0.717, 1.165) is 4.47 Å². The van der Waals surface area contributed by atoms with E-state index < -0.39 is 10.0 Å². The zero-order chi connectivity index (χ0) is 13.2. The number of sulfonamides is 1. The van der Waals surface area contributed by atoms with Crippen molar-refractivity contribution in [2.45, 2.75) is 19.4 Å². The van der Waals surface area contributed by atoms with E-state index in [1.807, 2.05) is 6.07 Å². The zero-order valence-electron chi connectivity index (χ0n) is 10.0. The number of nitrogens with zero attached hydrogens (tertiary/aromatic N) is 2. The Morgan fingerprint density at radius 1 is 1.61 bits per heavy atom. The van der Waals surface area contributed by atoms with Crippen LogP contribution >= 0.6 is 15.9 Å². The van der Waals surface area contributed by atoms with Crippen LogP contribution in [0.3, 0.4) is 0 Å². The first-order valence-corrected chi connectivity index (χ1v) is 8.18. The zero-order valence-corrected chi connectivity index (χ0v) is 12.4. The van der Waals surface area contributed by atoms with Crippen LogP contribution < -0.4 is 4.74 Å². The van der Waals surface area contributed by atoms with Crippen molar-refractivity contribution in [1.82, 2.24) is 9.29 Å². The van der Waals surface area contributed by atoms with Gasteiger partial charge in [0.05, 0.1) is 16.8 Å². The molecule has 7 heteroatoms. The van der Waals surface area contributed by atoms with Gasteiger partial charge in [-0.2, -0.15) is 4.31 Å². The maximum atomic E-state index is 11.7. The third-order valence-corrected chi connectivity index (χ3v) is 5.32. The molecule has 1 aliphatic heterocycles. The van der Waals surface area contributed by atoms with Crippen molar-refractivity contribution >= 4 is 26.0 Å². The van der Waals surface area contributed by atoms with Crippen LogP contribution in [0.4, 0.5) is 0 Å². The topological polar surface area (TPSA) is 59.5 Å². The Hall–Kier alpha value is -0.660. The highest BCUT2D eigenvalue weighted by Gasteiger charge is 2.31. The summed E-state index contributed by atoms with van der Waals surface area (Å²) in [6, 6.07) is 3.65. The Bertz CT molecular complexity index is 521. The molecular formula is C11H15BrN2O3S. The predicted molar refractivity (Wildman–Crippen MR) is 72.0 cm³/mol. The van der Waals surface area contributed by atoms with Crippen LogP contribution in [0.25, 0.3) is 0 Å². The highest BCUT2D eigenvalue weighted by atomic mass is 79.9. The highest BCUT2D eigenvalue weighted by molar-refractivity contribution is 9.10. The minimum Gasteiger partial charge on any atom is -0.472 e. The van der Waals surface area contributed by atoms with E-state index in [1.54, 1.807) is 19.2 Å². The van der Waals surface area contributed by atoms with E-state index in [-0.39, 0.29) is 11.9 Å². The molecule has 0 spiro atoms. The summed E-state index contributed by atoms with van der Waals surface area (Å²) in [6.45, 7) is 2.57. The maximum Gasteiger partial charge on any atom is 0.228 e. The fourth-order valence-electron chi connectivity index (χ4n) is 1.84. The summed E-state index contributed by atoms with van der Waals surface area (Å²) in [6.07, 6.45) is 2.22. The molecule has 1 unspecified atom stereocenters. The average molecular weight is 335 g/mol. The number of aromatic nitrogens is 1. The number of halogens is 1. The van der Waals surface area contributed by atoms with Gasteiger partial charge in [-0.25, -0.2) is 13.4 Å². The van der Waals surface area contributed by atoms with Crippen molar-refractivity contribution in [2.24, 2.45) is 0 Å². The van der Waals surface area contributed by atoms with E-state index >= 15 is 0 Å². The first kappa shape index (κ1) is 13.8. The Balaban J connectivity index is 2.01. The molecule has 0 radical (unpaired) electrons. The minimum atomic E-state index is -3.11. The van der Waals surface area contributed by atoms with Gasteiger partial charge < -0.3 is 4.74 Å². The smallest absolute Gasteiger partial charge is 0.228 e. The van der Waals surface area contributed by atoms with Crippen molar-refractivity contribution < 1.29 is 13.2 Å². The van der Waals surface area contributed by atoms with Gasteiger partial charge in [0.25, 0.3) is 0 Å². The van der Waals surface area contributed by atoms with Gasteiger partial charge >= 0.3 is 0 Å². The fraction of sp³-hybridized carbons (Fsp3) is 0.545. The van der Waals surface area contributed by atoms with Crippen LogP contribution in [0.5, 0.6) is 5.88 Å². The average Bonchev–Trinajstić information content (AvgIpc) is 2.81. The molecule has 0 aliphatic carbocycles. The normalized spacial score (nSPS) is 21.1. The fourth-order valence-corrected chi connectivity index (χ4v) is 3.34. The molecule has 1 aromatic rings. The third-order valence-electron chi connectivity index (χ3n) is 2.87. The van der Waals surface area contributed by atoms with Crippen LogP contribution in [0, 0.1) is 0 Å². The van der Waals surface area contributed by atoms with E-state index in [4.69, 9.17) is 4.74 Å². The van der Waals surface area contributed by atoms with Gasteiger partial charge in [0, 0.05) is 12.7 Å². The SMILES string of the molecule is CCS(=O)(=O)N1CCC(Oc2ncccc2Br)C1. The van der Waals surface area contributed by atoms with Gasteiger partial charge in [-0.1, -0.05) is 0 Å². The summed E-state index contributed by atoms with van der Waals surface area (Å²) in [4.78, 5) is 4.11. The molecule has 1 saturated heterocycles. The molecule has 1 aromatic heterocycles. The summed E-state index contributed by atoms with van der Waals surface area (Å²) in [5.41, 5.74) is 0. The van der Waals surface area contributed by atoms with Crippen LogP contribution in [-0.2, 0) is 10.0 Å². The van der Waals surface area contributed by atoms with Gasteiger partial charge in [0.2, 0.25) is 15.9 Å². The van der Waals surface area contributed by atoms with Gasteiger partial charge in [0.15, 0.2) is 0 Å². The predicted octanol–water partition coefficient (Wildman–Crippen LogP) is 1.65. The lowest BCUT2D eigenvalue weighted by atomic mass is 10.3. The van der Waals surface area contributed by atoms with Crippen LogP contribution in [-0.4, -0.2) is 42.7 Å². The monoisotopic (exact) mass is 334 g/mol. The second kappa shape index (κ2) is 5.54. The van der Waals surface area contributed by atoms with Crippen LogP contribution in [0.2, 0.25) is 0 Å². The number of rotatable bonds is 4. The summed E-state index contributed by atoms with van der Waals surface area (Å²) in [7, 11) is -3.11. The van der Waals surface area contributed by atoms with E-state index in [2.05, 4.69) is 20.9 Å². The van der Waals surface area contributed by atoms with Crippen molar-refractivity contribution in [3.63, 3.8) is 0 Å². The third kappa shape index (κ3) is 3.02. The van der Waals surface area contributed by atoms with Crippen molar-refractivity contribution in [3.8, 4) is 5.88 Å². The molecule has 1 atom stereocenters. The lowest BCUT2D eigenvalue weighted by Crippen LogP contribution is -2.32. The second-order valence-electron chi connectivity index (χ2n) is 4.08. The van der Waals surface area contributed by atoms with Crippen molar-refractivity contribution in [1.29, 1.82) is 0 Å². The quantitative estimate of drug-likeness (QED) is 0.839. The first-order chi connectivity index (χ1) is 8.53. The van der Waals surface area contributed by atoms with Crippen molar-refractivity contribution in [3.05, 3.63) is 22.8 Å². The molecule has 1 fully saturated rings. The van der Waals surface area contributed by atoms with Gasteiger partial charge in [-0.15, -0.1) is 0 Å². The van der Waals surface area contributed by atoms with Gasteiger partial charge in [-0.3, -0.25) is 0 Å². The number of hydrogen-bond acceptors (Lipinski definition) is 4. The molecular weight excluding hydrogens is 320 g/mol. The van der Waals surface area contributed by atoms with Gasteiger partial charge in [0.1, 0.15) is 6.10 Å². The van der Waals surface area contributed by atoms with Gasteiger partial charge in [-0.05, 0) is 41.4 Å². The Labute approximate surface area is 115 Å². The van der Waals surface area contributed by atoms with Crippen LogP contribution in [0.15, 0.2) is 22.8 Å². The Morgan fingerprint density at radius 2 is 2.39 bits per heavy atom. The molecule has 0 amide bonds. The molecule has 2 rings (SSSR count). The summed E-state index contributed by atoms with van der Waals surface area (Å²) >= 11 is 3.35. The summed E-state index contributed by atoms with van der Waals surface area (Å²) in [5.74, 6) is 0.644. The number of ether oxygens (including phenoxy) is 1.